The van der Waals surface area contributed by atoms with E-state index in [1.165, 1.54) is 19.3 Å². The number of piperazine rings is 1. The van der Waals surface area contributed by atoms with Gasteiger partial charge in [-0.05, 0) is 44.0 Å². The second-order valence-electron chi connectivity index (χ2n) is 9.70. The Morgan fingerprint density at radius 2 is 1.76 bits per heavy atom. The molecule has 34 heavy (non-hydrogen) atoms. The van der Waals surface area contributed by atoms with Gasteiger partial charge in [-0.2, -0.15) is 4.98 Å². The zero-order valence-electron chi connectivity index (χ0n) is 20.5. The summed E-state index contributed by atoms with van der Waals surface area (Å²) >= 11 is 0. The summed E-state index contributed by atoms with van der Waals surface area (Å²) < 4.78 is 5.33. The van der Waals surface area contributed by atoms with Crippen LogP contribution in [0.3, 0.4) is 0 Å². The Bertz CT molecular complexity index is 1010. The van der Waals surface area contributed by atoms with Crippen molar-refractivity contribution in [3.63, 3.8) is 0 Å². The number of piperidine rings is 1. The third-order valence-corrected chi connectivity index (χ3v) is 7.31. The number of fused-ring (bicyclic) bond motifs is 1. The number of carbonyl (C=O) groups is 1. The second-order valence-corrected chi connectivity index (χ2v) is 9.70. The molecule has 3 aliphatic heterocycles. The molecule has 2 fully saturated rings. The van der Waals surface area contributed by atoms with Crippen LogP contribution in [-0.2, 0) is 24.2 Å². The number of anilines is 2. The molecule has 0 bridgehead atoms. The zero-order chi connectivity index (χ0) is 23.5. The molecule has 4 heterocycles. The number of hydrogen-bond acceptors (Lipinski definition) is 7. The van der Waals surface area contributed by atoms with E-state index in [4.69, 9.17) is 14.7 Å². The van der Waals surface area contributed by atoms with E-state index >= 15 is 0 Å². The van der Waals surface area contributed by atoms with Gasteiger partial charge in [0.15, 0.2) is 0 Å². The summed E-state index contributed by atoms with van der Waals surface area (Å²) in [4.78, 5) is 32.5. The summed E-state index contributed by atoms with van der Waals surface area (Å²) in [6.07, 6.45) is 4.86. The minimum absolute atomic E-state index is 0.142. The number of carbonyl (C=O) groups excluding carboxylic acids is 1. The fraction of sp³-hybridized carbons (Fsp3) is 0.577. The van der Waals surface area contributed by atoms with E-state index < -0.39 is 0 Å². The topological polar surface area (TPSA) is 65.0 Å². The molecule has 0 spiro atoms. The van der Waals surface area contributed by atoms with Crippen molar-refractivity contribution >= 4 is 17.7 Å². The normalized spacial score (nSPS) is 19.2. The standard InChI is InChI=1S/C26H36N6O2/c1-29-13-15-30(16-14-29)25-22-19-32(24(33)18-20-7-6-8-21(17-20)34-2)12-9-23(22)27-26(28-25)31-10-4-3-5-11-31/h6-8,17H,3-5,9-16,18-19H2,1-2H3. The van der Waals surface area contributed by atoms with Crippen molar-refractivity contribution < 1.29 is 9.53 Å². The van der Waals surface area contributed by atoms with Crippen molar-refractivity contribution in [1.82, 2.24) is 19.8 Å². The molecule has 0 atom stereocenters. The molecule has 0 unspecified atom stereocenters. The highest BCUT2D eigenvalue weighted by atomic mass is 16.5. The van der Waals surface area contributed by atoms with Crippen LogP contribution in [-0.4, -0.2) is 85.6 Å². The summed E-state index contributed by atoms with van der Waals surface area (Å²) in [5.74, 6) is 2.84. The van der Waals surface area contributed by atoms with Crippen molar-refractivity contribution in [2.45, 2.75) is 38.6 Å². The Kier molecular flexibility index (Phi) is 6.85. The molecular formula is C26H36N6O2. The number of ether oxygens (including phenoxy) is 1. The van der Waals surface area contributed by atoms with Gasteiger partial charge >= 0.3 is 0 Å². The molecule has 0 N–H and O–H groups in total. The van der Waals surface area contributed by atoms with Crippen LogP contribution in [0.1, 0.15) is 36.1 Å². The third kappa shape index (κ3) is 4.97. The van der Waals surface area contributed by atoms with Crippen LogP contribution in [0.4, 0.5) is 11.8 Å². The lowest BCUT2D eigenvalue weighted by Gasteiger charge is -2.38. The number of methoxy groups -OCH3 is 1. The number of benzene rings is 1. The molecule has 0 radical (unpaired) electrons. The zero-order valence-corrected chi connectivity index (χ0v) is 20.5. The van der Waals surface area contributed by atoms with Crippen LogP contribution >= 0.6 is 0 Å². The average Bonchev–Trinajstić information content (AvgIpc) is 2.89. The van der Waals surface area contributed by atoms with Gasteiger partial charge in [-0.3, -0.25) is 4.79 Å². The minimum atomic E-state index is 0.142. The first-order chi connectivity index (χ1) is 16.6. The van der Waals surface area contributed by atoms with Gasteiger partial charge in [0.25, 0.3) is 0 Å². The maximum absolute atomic E-state index is 13.2. The molecule has 0 aliphatic carbocycles. The van der Waals surface area contributed by atoms with E-state index in [1.807, 2.05) is 29.2 Å². The lowest BCUT2D eigenvalue weighted by atomic mass is 10.0. The fourth-order valence-electron chi connectivity index (χ4n) is 5.18. The van der Waals surface area contributed by atoms with E-state index in [2.05, 4.69) is 21.7 Å². The summed E-state index contributed by atoms with van der Waals surface area (Å²) in [5.41, 5.74) is 3.23. The molecule has 3 aliphatic rings. The van der Waals surface area contributed by atoms with E-state index in [9.17, 15) is 4.79 Å². The molecule has 8 heteroatoms. The highest BCUT2D eigenvalue weighted by Gasteiger charge is 2.30. The van der Waals surface area contributed by atoms with E-state index in [0.717, 1.165) is 80.0 Å². The first-order valence-corrected chi connectivity index (χ1v) is 12.6. The predicted molar refractivity (Wildman–Crippen MR) is 134 cm³/mol. The van der Waals surface area contributed by atoms with Gasteiger partial charge in [0.05, 0.1) is 25.8 Å². The Labute approximate surface area is 202 Å². The maximum Gasteiger partial charge on any atom is 0.227 e. The SMILES string of the molecule is COc1cccc(CC(=O)N2CCc3nc(N4CCCCC4)nc(N4CCN(C)CC4)c3C2)c1. The molecule has 1 amide bonds. The Balaban J connectivity index is 1.40. The number of aromatic nitrogens is 2. The van der Waals surface area contributed by atoms with Crippen LogP contribution in [0.2, 0.25) is 0 Å². The van der Waals surface area contributed by atoms with Crippen molar-refractivity contribution in [1.29, 1.82) is 0 Å². The third-order valence-electron chi connectivity index (χ3n) is 7.31. The Hall–Kier alpha value is -2.87. The lowest BCUT2D eigenvalue weighted by molar-refractivity contribution is -0.131. The van der Waals surface area contributed by atoms with Crippen LogP contribution in [0.25, 0.3) is 0 Å². The molecule has 0 saturated carbocycles. The predicted octanol–water partition coefficient (Wildman–Crippen LogP) is 2.35. The Morgan fingerprint density at radius 3 is 2.53 bits per heavy atom. The van der Waals surface area contributed by atoms with Crippen LogP contribution in [0, 0.1) is 0 Å². The number of nitrogens with zero attached hydrogens (tertiary/aromatic N) is 6. The highest BCUT2D eigenvalue weighted by Crippen LogP contribution is 2.31. The van der Waals surface area contributed by atoms with Gasteiger partial charge in [0.2, 0.25) is 11.9 Å². The molecule has 1 aromatic carbocycles. The summed E-state index contributed by atoms with van der Waals surface area (Å²) in [7, 11) is 3.82. The molecule has 8 nitrogen and oxygen atoms in total. The molecular weight excluding hydrogens is 428 g/mol. The first-order valence-electron chi connectivity index (χ1n) is 12.6. The van der Waals surface area contributed by atoms with Crippen LogP contribution in [0.5, 0.6) is 5.75 Å². The van der Waals surface area contributed by atoms with Crippen molar-refractivity contribution in [2.75, 3.05) is 69.8 Å². The van der Waals surface area contributed by atoms with Crippen molar-refractivity contribution in [3.8, 4) is 5.75 Å². The summed E-state index contributed by atoms with van der Waals surface area (Å²) in [6, 6.07) is 7.78. The number of rotatable bonds is 5. The van der Waals surface area contributed by atoms with Gasteiger partial charge < -0.3 is 24.3 Å². The van der Waals surface area contributed by atoms with Gasteiger partial charge in [-0.25, -0.2) is 4.98 Å². The average molecular weight is 465 g/mol. The number of likely N-dealkylation sites (N-methyl/N-ethyl adjacent to an activating group) is 1. The van der Waals surface area contributed by atoms with Gasteiger partial charge in [0.1, 0.15) is 11.6 Å². The lowest BCUT2D eigenvalue weighted by Crippen LogP contribution is -2.46. The van der Waals surface area contributed by atoms with Crippen LogP contribution in [0.15, 0.2) is 24.3 Å². The highest BCUT2D eigenvalue weighted by molar-refractivity contribution is 5.79. The minimum Gasteiger partial charge on any atom is -0.497 e. The summed E-state index contributed by atoms with van der Waals surface area (Å²) in [5, 5.41) is 0. The maximum atomic E-state index is 13.2. The first kappa shape index (κ1) is 22.9. The van der Waals surface area contributed by atoms with Crippen molar-refractivity contribution in [2.24, 2.45) is 0 Å². The van der Waals surface area contributed by atoms with Crippen molar-refractivity contribution in [3.05, 3.63) is 41.1 Å². The van der Waals surface area contributed by atoms with Gasteiger partial charge in [-0.15, -0.1) is 0 Å². The number of amides is 1. The largest absolute Gasteiger partial charge is 0.497 e. The second kappa shape index (κ2) is 10.2. The quantitative estimate of drug-likeness (QED) is 0.673. The van der Waals surface area contributed by atoms with E-state index in [0.29, 0.717) is 19.5 Å². The van der Waals surface area contributed by atoms with E-state index in [1.54, 1.807) is 7.11 Å². The smallest absolute Gasteiger partial charge is 0.227 e. The van der Waals surface area contributed by atoms with Gasteiger partial charge in [-0.1, -0.05) is 12.1 Å². The number of hydrogen-bond donors (Lipinski definition) is 0. The summed E-state index contributed by atoms with van der Waals surface area (Å²) in [6.45, 7) is 7.31. The van der Waals surface area contributed by atoms with Crippen LogP contribution < -0.4 is 14.5 Å². The molecule has 1 aromatic heterocycles. The van der Waals surface area contributed by atoms with E-state index in [-0.39, 0.29) is 5.91 Å². The monoisotopic (exact) mass is 464 g/mol. The van der Waals surface area contributed by atoms with Gasteiger partial charge in [0, 0.05) is 57.8 Å². The molecule has 182 valence electrons. The molecule has 2 saturated heterocycles. The Morgan fingerprint density at radius 1 is 0.971 bits per heavy atom. The molecule has 5 rings (SSSR count). The molecule has 2 aromatic rings. The fourth-order valence-corrected chi connectivity index (χ4v) is 5.18.